The summed E-state index contributed by atoms with van der Waals surface area (Å²) in [7, 11) is 1.61. The van der Waals surface area contributed by atoms with Crippen molar-refractivity contribution in [2.24, 2.45) is 0 Å². The van der Waals surface area contributed by atoms with Crippen molar-refractivity contribution >= 4 is 6.03 Å². The van der Waals surface area contributed by atoms with E-state index in [1.165, 1.54) is 0 Å². The summed E-state index contributed by atoms with van der Waals surface area (Å²) in [6.45, 7) is 4.56. The zero-order valence-corrected chi connectivity index (χ0v) is 13.7. The Kier molecular flexibility index (Phi) is 5.86. The lowest BCUT2D eigenvalue weighted by Gasteiger charge is -2.12. The van der Waals surface area contributed by atoms with Gasteiger partial charge < -0.3 is 20.1 Å². The van der Waals surface area contributed by atoms with Crippen molar-refractivity contribution in [3.05, 3.63) is 59.2 Å². The van der Waals surface area contributed by atoms with Crippen molar-refractivity contribution in [1.29, 1.82) is 0 Å². The molecule has 0 aromatic heterocycles. The van der Waals surface area contributed by atoms with Crippen molar-refractivity contribution in [2.45, 2.75) is 20.4 Å². The van der Waals surface area contributed by atoms with Crippen LogP contribution in [-0.4, -0.2) is 19.9 Å². The fourth-order valence-electron chi connectivity index (χ4n) is 2.09. The van der Waals surface area contributed by atoms with Gasteiger partial charge in [0, 0.05) is 6.54 Å². The van der Waals surface area contributed by atoms with Gasteiger partial charge in [0.2, 0.25) is 0 Å². The van der Waals surface area contributed by atoms with Gasteiger partial charge in [0.1, 0.15) is 11.5 Å². The summed E-state index contributed by atoms with van der Waals surface area (Å²) < 4.78 is 10.7. The smallest absolute Gasteiger partial charge is 0.317 e. The summed E-state index contributed by atoms with van der Waals surface area (Å²) in [5.74, 6) is 1.54. The molecule has 0 unspecified atom stereocenters. The summed E-state index contributed by atoms with van der Waals surface area (Å²) in [4.78, 5) is 11.8. The molecule has 0 aliphatic heterocycles. The summed E-state index contributed by atoms with van der Waals surface area (Å²) >= 11 is 0. The van der Waals surface area contributed by atoms with Crippen LogP contribution in [0.15, 0.2) is 42.5 Å². The Balaban J connectivity index is 1.76. The minimum atomic E-state index is -0.280. The van der Waals surface area contributed by atoms with Gasteiger partial charge in [0.15, 0.2) is 6.73 Å². The fourth-order valence-corrected chi connectivity index (χ4v) is 2.09. The van der Waals surface area contributed by atoms with Crippen LogP contribution in [0.4, 0.5) is 4.79 Å². The van der Waals surface area contributed by atoms with E-state index in [2.05, 4.69) is 10.6 Å². The number of nitrogens with one attached hydrogen (secondary N) is 2. The Labute approximate surface area is 136 Å². The third kappa shape index (κ3) is 4.92. The first-order valence-corrected chi connectivity index (χ1v) is 7.44. The van der Waals surface area contributed by atoms with Crippen LogP contribution in [0.2, 0.25) is 0 Å². The van der Waals surface area contributed by atoms with Crippen LogP contribution in [0.5, 0.6) is 11.5 Å². The van der Waals surface area contributed by atoms with E-state index < -0.39 is 0 Å². The van der Waals surface area contributed by atoms with Gasteiger partial charge in [-0.05, 0) is 48.7 Å². The molecular weight excluding hydrogens is 292 g/mol. The number of benzene rings is 2. The Bertz CT molecular complexity index is 671. The first-order valence-electron chi connectivity index (χ1n) is 7.44. The number of methoxy groups -OCH3 is 1. The second kappa shape index (κ2) is 8.08. The van der Waals surface area contributed by atoms with Gasteiger partial charge >= 0.3 is 6.03 Å². The summed E-state index contributed by atoms with van der Waals surface area (Å²) in [6.07, 6.45) is 0. The van der Waals surface area contributed by atoms with Crippen LogP contribution in [0.25, 0.3) is 0 Å². The van der Waals surface area contributed by atoms with Gasteiger partial charge in [-0.3, -0.25) is 0 Å². The van der Waals surface area contributed by atoms with E-state index in [1.54, 1.807) is 7.11 Å². The summed E-state index contributed by atoms with van der Waals surface area (Å²) in [5.41, 5.74) is 3.20. The highest BCUT2D eigenvalue weighted by Gasteiger charge is 2.04. The molecule has 2 aromatic carbocycles. The predicted molar refractivity (Wildman–Crippen MR) is 89.8 cm³/mol. The SMILES string of the molecule is COc1cccc(CNC(=O)NCOc2cccc(C)c2C)c1. The van der Waals surface area contributed by atoms with Crippen LogP contribution in [0, 0.1) is 13.8 Å². The molecule has 0 heterocycles. The zero-order chi connectivity index (χ0) is 16.7. The predicted octanol–water partition coefficient (Wildman–Crippen LogP) is 3.15. The molecule has 2 rings (SSSR count). The molecule has 0 saturated carbocycles. The van der Waals surface area contributed by atoms with Gasteiger partial charge in [-0.25, -0.2) is 4.79 Å². The number of amides is 2. The fraction of sp³-hybridized carbons (Fsp3) is 0.278. The number of urea groups is 1. The van der Waals surface area contributed by atoms with E-state index in [0.717, 1.165) is 28.2 Å². The van der Waals surface area contributed by atoms with Crippen LogP contribution in [0.3, 0.4) is 0 Å². The number of hydrogen-bond donors (Lipinski definition) is 2. The second-order valence-corrected chi connectivity index (χ2v) is 5.20. The Hall–Kier alpha value is -2.69. The molecule has 2 amide bonds. The van der Waals surface area contributed by atoms with Crippen LogP contribution >= 0.6 is 0 Å². The second-order valence-electron chi connectivity index (χ2n) is 5.20. The maximum absolute atomic E-state index is 11.8. The lowest BCUT2D eigenvalue weighted by Crippen LogP contribution is -2.37. The average molecular weight is 314 g/mol. The molecule has 122 valence electrons. The zero-order valence-electron chi connectivity index (χ0n) is 13.7. The molecule has 0 saturated heterocycles. The lowest BCUT2D eigenvalue weighted by molar-refractivity contribution is 0.223. The third-order valence-corrected chi connectivity index (χ3v) is 3.60. The Morgan fingerprint density at radius 3 is 2.65 bits per heavy atom. The van der Waals surface area contributed by atoms with Crippen molar-refractivity contribution in [1.82, 2.24) is 10.6 Å². The monoisotopic (exact) mass is 314 g/mol. The molecule has 23 heavy (non-hydrogen) atoms. The highest BCUT2D eigenvalue weighted by Crippen LogP contribution is 2.20. The molecule has 0 spiro atoms. The van der Waals surface area contributed by atoms with Crippen molar-refractivity contribution in [2.75, 3.05) is 13.8 Å². The first kappa shape index (κ1) is 16.7. The van der Waals surface area contributed by atoms with E-state index in [-0.39, 0.29) is 12.8 Å². The van der Waals surface area contributed by atoms with Gasteiger partial charge in [-0.2, -0.15) is 0 Å². The van der Waals surface area contributed by atoms with Crippen molar-refractivity contribution in [3.63, 3.8) is 0 Å². The minimum Gasteiger partial charge on any atom is -0.497 e. The topological polar surface area (TPSA) is 59.6 Å². The number of carbonyl (C=O) groups is 1. The summed E-state index contributed by atoms with van der Waals surface area (Å²) in [6, 6.07) is 13.1. The molecule has 5 heteroatoms. The normalized spacial score (nSPS) is 10.0. The number of carbonyl (C=O) groups excluding carboxylic acids is 1. The molecule has 5 nitrogen and oxygen atoms in total. The van der Waals surface area contributed by atoms with Gasteiger partial charge in [-0.1, -0.05) is 24.3 Å². The average Bonchev–Trinajstić information content (AvgIpc) is 2.57. The molecule has 0 bridgehead atoms. The first-order chi connectivity index (χ1) is 11.1. The van der Waals surface area contributed by atoms with Crippen molar-refractivity contribution < 1.29 is 14.3 Å². The van der Waals surface area contributed by atoms with E-state index >= 15 is 0 Å². The number of ether oxygens (including phenoxy) is 2. The Morgan fingerprint density at radius 2 is 1.87 bits per heavy atom. The van der Waals surface area contributed by atoms with E-state index in [4.69, 9.17) is 9.47 Å². The molecule has 0 aliphatic rings. The van der Waals surface area contributed by atoms with Crippen LogP contribution in [0.1, 0.15) is 16.7 Å². The van der Waals surface area contributed by atoms with Crippen molar-refractivity contribution in [3.8, 4) is 11.5 Å². The maximum atomic E-state index is 11.8. The maximum Gasteiger partial charge on any atom is 0.317 e. The molecule has 0 aliphatic carbocycles. The molecule has 2 aromatic rings. The Morgan fingerprint density at radius 1 is 1.09 bits per heavy atom. The number of hydrogen-bond acceptors (Lipinski definition) is 3. The van der Waals surface area contributed by atoms with Gasteiger partial charge in [-0.15, -0.1) is 0 Å². The third-order valence-electron chi connectivity index (χ3n) is 3.60. The van der Waals surface area contributed by atoms with Gasteiger partial charge in [0.05, 0.1) is 7.11 Å². The molecule has 2 N–H and O–H groups in total. The highest BCUT2D eigenvalue weighted by atomic mass is 16.5. The number of rotatable bonds is 6. The minimum absolute atomic E-state index is 0.119. The van der Waals surface area contributed by atoms with E-state index in [1.807, 2.05) is 56.3 Å². The molecule has 0 atom stereocenters. The quantitative estimate of drug-likeness (QED) is 0.805. The molecule has 0 fully saturated rings. The summed E-state index contributed by atoms with van der Waals surface area (Å²) in [5, 5.41) is 5.45. The van der Waals surface area contributed by atoms with Crippen LogP contribution < -0.4 is 20.1 Å². The lowest BCUT2D eigenvalue weighted by atomic mass is 10.1. The standard InChI is InChI=1S/C18H22N2O3/c1-13-6-4-9-17(14(13)2)23-12-20-18(21)19-11-15-7-5-8-16(10-15)22-3/h4-10H,11-12H2,1-3H3,(H2,19,20,21). The highest BCUT2D eigenvalue weighted by molar-refractivity contribution is 5.73. The largest absolute Gasteiger partial charge is 0.497 e. The number of aryl methyl sites for hydroxylation is 1. The van der Waals surface area contributed by atoms with E-state index in [0.29, 0.717) is 6.54 Å². The van der Waals surface area contributed by atoms with E-state index in [9.17, 15) is 4.79 Å². The van der Waals surface area contributed by atoms with Gasteiger partial charge in [0.25, 0.3) is 0 Å². The van der Waals surface area contributed by atoms with Crippen LogP contribution in [-0.2, 0) is 6.54 Å². The molecular formula is C18H22N2O3. The molecule has 0 radical (unpaired) electrons.